The smallest absolute Gasteiger partial charge is 0.433 e. The Balaban J connectivity index is 2.27. The fraction of sp³-hybridized carbons (Fsp3) is 0.111. The van der Waals surface area contributed by atoms with Crippen molar-refractivity contribution in [1.82, 2.24) is 4.98 Å². The zero-order valence-corrected chi connectivity index (χ0v) is 12.6. The van der Waals surface area contributed by atoms with E-state index >= 15 is 0 Å². The van der Waals surface area contributed by atoms with E-state index in [2.05, 4.69) is 9.72 Å². The first-order valence-electron chi connectivity index (χ1n) is 7.06. The molecule has 6 heteroatoms. The summed E-state index contributed by atoms with van der Waals surface area (Å²) in [7, 11) is 1.21. The maximum absolute atomic E-state index is 13.4. The SMILES string of the molecule is COC(=O)c1ccc2cc(-c3ccccc3)c(C(F)(F)F)nc2c1. The van der Waals surface area contributed by atoms with Crippen LogP contribution in [0.5, 0.6) is 0 Å². The van der Waals surface area contributed by atoms with Gasteiger partial charge in [0.15, 0.2) is 5.69 Å². The van der Waals surface area contributed by atoms with Crippen LogP contribution in [0.1, 0.15) is 16.1 Å². The van der Waals surface area contributed by atoms with E-state index in [9.17, 15) is 18.0 Å². The van der Waals surface area contributed by atoms with Crippen LogP contribution in [-0.4, -0.2) is 18.1 Å². The number of pyridine rings is 1. The van der Waals surface area contributed by atoms with Gasteiger partial charge in [-0.25, -0.2) is 9.78 Å². The molecule has 2 aromatic carbocycles. The Hall–Kier alpha value is -2.89. The predicted molar refractivity (Wildman–Crippen MR) is 83.5 cm³/mol. The fourth-order valence-corrected chi connectivity index (χ4v) is 2.47. The van der Waals surface area contributed by atoms with Crippen molar-refractivity contribution < 1.29 is 22.7 Å². The van der Waals surface area contributed by atoms with E-state index in [1.54, 1.807) is 36.4 Å². The molecule has 1 aromatic heterocycles. The molecule has 0 fully saturated rings. The van der Waals surface area contributed by atoms with Gasteiger partial charge < -0.3 is 4.74 Å². The maximum atomic E-state index is 13.4. The molecule has 0 spiro atoms. The van der Waals surface area contributed by atoms with Crippen LogP contribution >= 0.6 is 0 Å². The Bertz CT molecular complexity index is 905. The Labute approximate surface area is 135 Å². The summed E-state index contributed by atoms with van der Waals surface area (Å²) in [5, 5.41) is 0.509. The van der Waals surface area contributed by atoms with E-state index < -0.39 is 17.8 Å². The number of carbonyl (C=O) groups is 1. The molecule has 3 aromatic rings. The number of rotatable bonds is 2. The fourth-order valence-electron chi connectivity index (χ4n) is 2.47. The molecule has 0 aliphatic rings. The van der Waals surface area contributed by atoms with Crippen molar-refractivity contribution in [2.75, 3.05) is 7.11 Å². The maximum Gasteiger partial charge on any atom is 0.433 e. The minimum atomic E-state index is -4.61. The van der Waals surface area contributed by atoms with Gasteiger partial charge in [-0.15, -0.1) is 0 Å². The third kappa shape index (κ3) is 2.95. The molecule has 0 bridgehead atoms. The number of fused-ring (bicyclic) bond motifs is 1. The number of ether oxygens (including phenoxy) is 1. The second kappa shape index (κ2) is 5.96. The standard InChI is InChI=1S/C18H12F3NO2/c1-24-17(23)13-8-7-12-9-14(11-5-3-2-4-6-11)16(18(19,20)21)22-15(12)10-13/h2-10H,1H3. The highest BCUT2D eigenvalue weighted by atomic mass is 19.4. The van der Waals surface area contributed by atoms with Gasteiger partial charge in [-0.05, 0) is 23.8 Å². The molecule has 0 saturated heterocycles. The molecule has 0 amide bonds. The van der Waals surface area contributed by atoms with Crippen LogP contribution in [0, 0.1) is 0 Å². The highest BCUT2D eigenvalue weighted by molar-refractivity contribution is 5.95. The molecule has 1 heterocycles. The second-order valence-electron chi connectivity index (χ2n) is 5.15. The molecule has 3 rings (SSSR count). The molecular formula is C18H12F3NO2. The first kappa shape index (κ1) is 16.0. The van der Waals surface area contributed by atoms with Gasteiger partial charge in [-0.1, -0.05) is 36.4 Å². The summed E-state index contributed by atoms with van der Waals surface area (Å²) in [6.45, 7) is 0. The second-order valence-corrected chi connectivity index (χ2v) is 5.15. The summed E-state index contributed by atoms with van der Waals surface area (Å²) in [5.74, 6) is -0.626. The normalized spacial score (nSPS) is 11.5. The first-order valence-corrected chi connectivity index (χ1v) is 7.06. The van der Waals surface area contributed by atoms with E-state index in [0.29, 0.717) is 10.9 Å². The summed E-state index contributed by atoms with van der Waals surface area (Å²) in [4.78, 5) is 15.3. The summed E-state index contributed by atoms with van der Waals surface area (Å²) in [5.41, 5.74) is -0.316. The van der Waals surface area contributed by atoms with Crippen molar-refractivity contribution >= 4 is 16.9 Å². The van der Waals surface area contributed by atoms with Gasteiger partial charge in [0, 0.05) is 10.9 Å². The van der Waals surface area contributed by atoms with Gasteiger partial charge in [0.05, 0.1) is 18.2 Å². The molecule has 122 valence electrons. The molecule has 0 aliphatic heterocycles. The summed E-state index contributed by atoms with van der Waals surface area (Å²) < 4.78 is 44.9. The van der Waals surface area contributed by atoms with Gasteiger partial charge in [-0.2, -0.15) is 13.2 Å². The van der Waals surface area contributed by atoms with E-state index in [1.165, 1.54) is 25.3 Å². The quantitative estimate of drug-likeness (QED) is 0.639. The third-order valence-electron chi connectivity index (χ3n) is 3.59. The average molecular weight is 331 g/mol. The number of aromatic nitrogens is 1. The summed E-state index contributed by atoms with van der Waals surface area (Å²) in [6.07, 6.45) is -4.61. The van der Waals surface area contributed by atoms with Gasteiger partial charge >= 0.3 is 12.1 Å². The van der Waals surface area contributed by atoms with Crippen LogP contribution in [0.4, 0.5) is 13.2 Å². The van der Waals surface area contributed by atoms with Crippen molar-refractivity contribution in [3.05, 3.63) is 65.9 Å². The van der Waals surface area contributed by atoms with E-state index in [1.807, 2.05) is 0 Å². The highest BCUT2D eigenvalue weighted by Gasteiger charge is 2.36. The van der Waals surface area contributed by atoms with E-state index in [0.717, 1.165) is 0 Å². The van der Waals surface area contributed by atoms with Crippen LogP contribution in [0.25, 0.3) is 22.0 Å². The minimum absolute atomic E-state index is 0.00131. The summed E-state index contributed by atoms with van der Waals surface area (Å²) in [6, 6.07) is 14.0. The van der Waals surface area contributed by atoms with Crippen LogP contribution in [0.2, 0.25) is 0 Å². The molecule has 0 unspecified atom stereocenters. The average Bonchev–Trinajstić information content (AvgIpc) is 2.59. The molecule has 0 N–H and O–H groups in total. The Kier molecular flexibility index (Phi) is 3.97. The number of esters is 1. The zero-order valence-electron chi connectivity index (χ0n) is 12.6. The molecule has 0 aliphatic carbocycles. The first-order chi connectivity index (χ1) is 11.4. The number of carbonyl (C=O) groups excluding carboxylic acids is 1. The number of methoxy groups -OCH3 is 1. The Morgan fingerprint density at radius 3 is 2.38 bits per heavy atom. The van der Waals surface area contributed by atoms with Gasteiger partial charge in [0.2, 0.25) is 0 Å². The zero-order chi connectivity index (χ0) is 17.3. The Morgan fingerprint density at radius 1 is 1.04 bits per heavy atom. The lowest BCUT2D eigenvalue weighted by Crippen LogP contribution is -2.11. The summed E-state index contributed by atoms with van der Waals surface area (Å²) >= 11 is 0. The number of alkyl halides is 3. The van der Waals surface area contributed by atoms with Crippen molar-refractivity contribution in [2.24, 2.45) is 0 Å². The van der Waals surface area contributed by atoms with E-state index in [-0.39, 0.29) is 16.6 Å². The van der Waals surface area contributed by atoms with Crippen molar-refractivity contribution in [2.45, 2.75) is 6.18 Å². The molecule has 24 heavy (non-hydrogen) atoms. The minimum Gasteiger partial charge on any atom is -0.465 e. The van der Waals surface area contributed by atoms with Gasteiger partial charge in [0.25, 0.3) is 0 Å². The monoisotopic (exact) mass is 331 g/mol. The van der Waals surface area contributed by atoms with Gasteiger partial charge in [-0.3, -0.25) is 0 Å². The van der Waals surface area contributed by atoms with Crippen molar-refractivity contribution in [1.29, 1.82) is 0 Å². The molecular weight excluding hydrogens is 319 g/mol. The molecule has 0 saturated carbocycles. The highest BCUT2D eigenvalue weighted by Crippen LogP contribution is 2.37. The number of benzene rings is 2. The van der Waals surface area contributed by atoms with Gasteiger partial charge in [0.1, 0.15) is 0 Å². The number of hydrogen-bond donors (Lipinski definition) is 0. The molecule has 0 atom stereocenters. The predicted octanol–water partition coefficient (Wildman–Crippen LogP) is 4.71. The third-order valence-corrected chi connectivity index (χ3v) is 3.59. The van der Waals surface area contributed by atoms with Crippen molar-refractivity contribution in [3.63, 3.8) is 0 Å². The lowest BCUT2D eigenvalue weighted by molar-refractivity contribution is -0.140. The molecule has 0 radical (unpaired) electrons. The van der Waals surface area contributed by atoms with Crippen LogP contribution < -0.4 is 0 Å². The number of hydrogen-bond acceptors (Lipinski definition) is 3. The lowest BCUT2D eigenvalue weighted by atomic mass is 10.0. The molecule has 3 nitrogen and oxygen atoms in total. The number of halogens is 3. The van der Waals surface area contributed by atoms with Crippen LogP contribution in [-0.2, 0) is 10.9 Å². The van der Waals surface area contributed by atoms with Crippen molar-refractivity contribution in [3.8, 4) is 11.1 Å². The van der Waals surface area contributed by atoms with E-state index in [4.69, 9.17) is 0 Å². The Morgan fingerprint density at radius 2 is 1.75 bits per heavy atom. The number of nitrogens with zero attached hydrogens (tertiary/aromatic N) is 1. The van der Waals surface area contributed by atoms with Crippen LogP contribution in [0.15, 0.2) is 54.6 Å². The topological polar surface area (TPSA) is 39.2 Å². The van der Waals surface area contributed by atoms with Crippen LogP contribution in [0.3, 0.4) is 0 Å². The lowest BCUT2D eigenvalue weighted by Gasteiger charge is -2.14. The largest absolute Gasteiger partial charge is 0.465 e.